The molecule has 0 amide bonds. The Kier molecular flexibility index (Phi) is 8.44. The van der Waals surface area contributed by atoms with Gasteiger partial charge in [0.2, 0.25) is 5.95 Å². The van der Waals surface area contributed by atoms with E-state index in [9.17, 15) is 54.4 Å². The number of anilines is 1. The normalized spacial score (nSPS) is 34.5. The van der Waals surface area contributed by atoms with E-state index < -0.39 is 83.4 Å². The van der Waals surface area contributed by atoms with Crippen molar-refractivity contribution in [3.05, 3.63) is 28.3 Å². The molecule has 20 nitrogen and oxygen atoms in total. The number of fused-ring (bicyclic) bond motifs is 1. The van der Waals surface area contributed by atoms with Crippen LogP contribution in [0.3, 0.4) is 0 Å². The van der Waals surface area contributed by atoms with Gasteiger partial charge in [0.05, 0.1) is 19.5 Å². The van der Waals surface area contributed by atoms with Gasteiger partial charge in [-0.15, -0.1) is 0 Å². The van der Waals surface area contributed by atoms with Crippen LogP contribution in [0.4, 0.5) is 5.95 Å². The Morgan fingerprint density at radius 2 is 1.77 bits per heavy atom. The molecule has 2 aromatic heterocycles. The molecule has 1 fully saturated rings. The SMILES string of the molecule is Nc1nc2c(ncn2[C@@H]2O[C@H](COP(=O)(O)OP(=O)(O)O[C@H]3C=C(CO)[C@@H](O)[C@H](O)[C@H]3O)[C@@H](O)[C@H]2O)c(=O)[nH]1. The summed E-state index contributed by atoms with van der Waals surface area (Å²) in [4.78, 5) is 41.8. The Bertz CT molecular complexity index is 1400. The fourth-order valence-electron chi connectivity index (χ4n) is 3.97. The third kappa shape index (κ3) is 6.14. The zero-order valence-corrected chi connectivity index (χ0v) is 21.2. The molecule has 0 bridgehead atoms. The van der Waals surface area contributed by atoms with Crippen molar-refractivity contribution in [3.63, 3.8) is 0 Å². The second-order valence-electron chi connectivity index (χ2n) is 8.53. The van der Waals surface area contributed by atoms with E-state index >= 15 is 0 Å². The first-order valence-corrected chi connectivity index (χ1v) is 13.9. The molecule has 3 heterocycles. The van der Waals surface area contributed by atoms with Crippen LogP contribution in [-0.2, 0) is 27.2 Å². The number of nitrogens with one attached hydrogen (secondary N) is 1. The minimum absolute atomic E-state index is 0.107. The van der Waals surface area contributed by atoms with Crippen molar-refractivity contribution in [2.75, 3.05) is 18.9 Å². The number of imidazole rings is 1. The van der Waals surface area contributed by atoms with E-state index in [2.05, 4.69) is 28.3 Å². The summed E-state index contributed by atoms with van der Waals surface area (Å²) >= 11 is 0. The largest absolute Gasteiger partial charge is 0.481 e. The molecule has 39 heavy (non-hydrogen) atoms. The second kappa shape index (κ2) is 11.0. The Morgan fingerprint density at radius 1 is 1.08 bits per heavy atom. The topological polar surface area (TPSA) is 322 Å². The number of phosphoric ester groups is 2. The number of aliphatic hydroxyl groups excluding tert-OH is 6. The first kappa shape index (κ1) is 29.8. The lowest BCUT2D eigenvalue weighted by Gasteiger charge is -2.34. The molecule has 2 unspecified atom stereocenters. The van der Waals surface area contributed by atoms with Crippen LogP contribution >= 0.6 is 15.6 Å². The molecule has 0 spiro atoms. The third-order valence-corrected chi connectivity index (χ3v) is 8.51. The van der Waals surface area contributed by atoms with Gasteiger partial charge in [0.1, 0.15) is 42.7 Å². The maximum absolute atomic E-state index is 12.3. The van der Waals surface area contributed by atoms with E-state index in [1.54, 1.807) is 0 Å². The van der Waals surface area contributed by atoms with Crippen molar-refractivity contribution in [2.24, 2.45) is 0 Å². The van der Waals surface area contributed by atoms with Crippen LogP contribution in [0.2, 0.25) is 0 Å². The number of nitrogens with two attached hydrogens (primary N) is 1. The first-order chi connectivity index (χ1) is 18.1. The van der Waals surface area contributed by atoms with Gasteiger partial charge in [-0.05, 0) is 11.6 Å². The molecule has 1 aliphatic carbocycles. The fourth-order valence-corrected chi connectivity index (χ4v) is 6.18. The minimum Gasteiger partial charge on any atom is -0.392 e. The molecule has 0 saturated carbocycles. The molecule has 2 aromatic rings. The molecular formula is C17H25N5O15P2. The molecule has 11 N–H and O–H groups in total. The number of rotatable bonds is 9. The Hall–Kier alpha value is -2.13. The Balaban J connectivity index is 1.41. The quantitative estimate of drug-likeness (QED) is 0.0965. The van der Waals surface area contributed by atoms with Crippen LogP contribution in [0, 0.1) is 0 Å². The van der Waals surface area contributed by atoms with Crippen LogP contribution in [0.15, 0.2) is 22.8 Å². The monoisotopic (exact) mass is 601 g/mol. The van der Waals surface area contributed by atoms with Crippen LogP contribution in [0.1, 0.15) is 6.23 Å². The van der Waals surface area contributed by atoms with Crippen molar-refractivity contribution < 1.29 is 67.7 Å². The van der Waals surface area contributed by atoms with Crippen LogP contribution < -0.4 is 11.3 Å². The summed E-state index contributed by atoms with van der Waals surface area (Å²) in [5.41, 5.74) is 4.30. The number of nitrogens with zero attached hydrogens (tertiary/aromatic N) is 3. The van der Waals surface area contributed by atoms with E-state index in [-0.39, 0.29) is 22.7 Å². The van der Waals surface area contributed by atoms with E-state index in [0.29, 0.717) is 0 Å². The zero-order chi connectivity index (χ0) is 28.9. The molecule has 0 aromatic carbocycles. The number of nitrogen functional groups attached to an aromatic ring is 1. The van der Waals surface area contributed by atoms with Gasteiger partial charge >= 0.3 is 15.6 Å². The molecule has 218 valence electrons. The van der Waals surface area contributed by atoms with Gasteiger partial charge in [0.15, 0.2) is 17.4 Å². The highest BCUT2D eigenvalue weighted by Crippen LogP contribution is 2.61. The average Bonchev–Trinajstić information content (AvgIpc) is 3.38. The van der Waals surface area contributed by atoms with E-state index in [4.69, 9.17) is 10.5 Å². The van der Waals surface area contributed by atoms with Crippen LogP contribution in [0.25, 0.3) is 11.2 Å². The average molecular weight is 601 g/mol. The number of hydrogen-bond donors (Lipinski definition) is 10. The van der Waals surface area contributed by atoms with E-state index in [1.165, 1.54) is 0 Å². The first-order valence-electron chi connectivity index (χ1n) is 10.9. The minimum atomic E-state index is -5.52. The maximum atomic E-state index is 12.3. The summed E-state index contributed by atoms with van der Waals surface area (Å²) in [6, 6.07) is 0. The second-order valence-corrected chi connectivity index (χ2v) is 11.5. The molecule has 2 aliphatic rings. The molecule has 4 rings (SSSR count). The molecule has 1 saturated heterocycles. The maximum Gasteiger partial charge on any atom is 0.481 e. The highest BCUT2D eigenvalue weighted by Gasteiger charge is 2.47. The lowest BCUT2D eigenvalue weighted by Crippen LogP contribution is -2.49. The van der Waals surface area contributed by atoms with Gasteiger partial charge in [-0.25, -0.2) is 14.1 Å². The third-order valence-electron chi connectivity index (χ3n) is 5.88. The molecule has 22 heteroatoms. The van der Waals surface area contributed by atoms with Crippen molar-refractivity contribution in [2.45, 2.75) is 49.0 Å². The molecule has 1 aliphatic heterocycles. The van der Waals surface area contributed by atoms with Gasteiger partial charge in [0.25, 0.3) is 5.56 Å². The van der Waals surface area contributed by atoms with Crippen molar-refractivity contribution >= 4 is 32.8 Å². The highest BCUT2D eigenvalue weighted by atomic mass is 31.3. The van der Waals surface area contributed by atoms with Crippen molar-refractivity contribution in [1.82, 2.24) is 19.5 Å². The summed E-state index contributed by atoms with van der Waals surface area (Å²) in [6.07, 6.45) is -11.9. The predicted octanol–water partition coefficient (Wildman–Crippen LogP) is -4.04. The standard InChI is InChI=1S/C17H25N5O15P2/c18-17-20-14-8(15(29)21-17)19-4-22(14)16-13(28)11(26)7(35-16)3-34-38(30,31)37-39(32,33)36-6-1-5(2-23)9(24)12(27)10(6)25/h1,4,6-7,9-13,16,23-28H,2-3H2,(H,30,31)(H,32,33)(H3,18,20,21,29)/t6-,7+,9+,10-,11+,12-,13+,16+/m0/s1. The number of aromatic amines is 1. The molecule has 0 radical (unpaired) electrons. The lowest BCUT2D eigenvalue weighted by molar-refractivity contribution is -0.0929. The van der Waals surface area contributed by atoms with Crippen LogP contribution in [0.5, 0.6) is 0 Å². The van der Waals surface area contributed by atoms with Gasteiger partial charge in [-0.2, -0.15) is 9.29 Å². The number of hydrogen-bond acceptors (Lipinski definition) is 16. The number of H-pyrrole nitrogens is 1. The smallest absolute Gasteiger partial charge is 0.392 e. The number of aliphatic hydroxyl groups is 6. The van der Waals surface area contributed by atoms with Crippen LogP contribution in [-0.4, -0.2) is 116 Å². The summed E-state index contributed by atoms with van der Waals surface area (Å²) < 4.78 is 44.5. The van der Waals surface area contributed by atoms with Gasteiger partial charge in [-0.1, -0.05) is 0 Å². The highest BCUT2D eigenvalue weighted by molar-refractivity contribution is 7.61. The Morgan fingerprint density at radius 3 is 2.44 bits per heavy atom. The lowest BCUT2D eigenvalue weighted by atomic mass is 9.90. The molecular weight excluding hydrogens is 576 g/mol. The van der Waals surface area contributed by atoms with Crippen molar-refractivity contribution in [1.29, 1.82) is 0 Å². The van der Waals surface area contributed by atoms with Gasteiger partial charge in [-0.3, -0.25) is 23.4 Å². The summed E-state index contributed by atoms with van der Waals surface area (Å²) in [5, 5.41) is 59.5. The Labute approximate surface area is 216 Å². The summed E-state index contributed by atoms with van der Waals surface area (Å²) in [6.45, 7) is -1.79. The number of ether oxygens (including phenoxy) is 1. The fraction of sp³-hybridized carbons (Fsp3) is 0.588. The summed E-state index contributed by atoms with van der Waals surface area (Å²) in [7, 11) is -11.0. The number of aromatic nitrogens is 4. The molecule has 10 atom stereocenters. The van der Waals surface area contributed by atoms with Crippen molar-refractivity contribution in [3.8, 4) is 0 Å². The van der Waals surface area contributed by atoms with Gasteiger partial charge in [0, 0.05) is 0 Å². The van der Waals surface area contributed by atoms with E-state index in [0.717, 1.165) is 17.0 Å². The summed E-state index contributed by atoms with van der Waals surface area (Å²) in [5.74, 6) is -0.273. The predicted molar refractivity (Wildman–Crippen MR) is 123 cm³/mol. The van der Waals surface area contributed by atoms with Gasteiger partial charge < -0.3 is 50.9 Å². The van der Waals surface area contributed by atoms with E-state index in [1.807, 2.05) is 0 Å². The number of phosphoric acid groups is 2. The zero-order valence-electron chi connectivity index (χ0n) is 19.4.